The first-order chi connectivity index (χ1) is 5.24. The van der Waals surface area contributed by atoms with E-state index in [0.29, 0.717) is 25.3 Å². The lowest BCUT2D eigenvalue weighted by molar-refractivity contribution is -0.138. The molecular formula is C7H11NO3. The minimum atomic E-state index is -0.861. The second kappa shape index (κ2) is 3.37. The van der Waals surface area contributed by atoms with E-state index in [9.17, 15) is 4.79 Å². The van der Waals surface area contributed by atoms with Crippen LogP contribution in [0, 0.1) is 0 Å². The number of rotatable bonds is 2. The van der Waals surface area contributed by atoms with Crippen LogP contribution in [-0.2, 0) is 9.53 Å². The Morgan fingerprint density at radius 1 is 1.91 bits per heavy atom. The molecular weight excluding hydrogens is 146 g/mol. The second-order valence-corrected chi connectivity index (χ2v) is 2.35. The van der Waals surface area contributed by atoms with Crippen molar-refractivity contribution in [1.82, 2.24) is 0 Å². The minimum Gasteiger partial charge on any atom is -0.481 e. The maximum Gasteiger partial charge on any atom is 0.328 e. The quantitative estimate of drug-likeness (QED) is 0.640. The predicted octanol–water partition coefficient (Wildman–Crippen LogP) is 0.668. The molecule has 0 aromatic rings. The van der Waals surface area contributed by atoms with Crippen LogP contribution in [0.3, 0.4) is 0 Å². The summed E-state index contributed by atoms with van der Waals surface area (Å²) in [5.74, 6) is -0.278. The molecule has 0 radical (unpaired) electrons. The molecule has 0 aliphatic carbocycles. The van der Waals surface area contributed by atoms with Crippen molar-refractivity contribution in [2.45, 2.75) is 25.8 Å². The molecule has 0 saturated heterocycles. The minimum absolute atomic E-state index is 0.561. The number of nitrogens with zero attached hydrogens (tertiary/aromatic N) is 1. The summed E-state index contributed by atoms with van der Waals surface area (Å²) < 4.78 is 5.07. The summed E-state index contributed by atoms with van der Waals surface area (Å²) in [7, 11) is 0. The van der Waals surface area contributed by atoms with E-state index in [2.05, 4.69) is 4.99 Å². The summed E-state index contributed by atoms with van der Waals surface area (Å²) in [4.78, 5) is 14.3. The van der Waals surface area contributed by atoms with Crippen LogP contribution < -0.4 is 0 Å². The van der Waals surface area contributed by atoms with E-state index in [0.717, 1.165) is 0 Å². The van der Waals surface area contributed by atoms with Gasteiger partial charge in [-0.05, 0) is 13.3 Å². The molecule has 0 amide bonds. The number of carboxylic acids is 1. The number of hydrogen-bond acceptors (Lipinski definition) is 3. The van der Waals surface area contributed by atoms with Gasteiger partial charge in [-0.3, -0.25) is 0 Å². The SMILES string of the molecule is CCOC1=N[C@H](C(=O)O)CC1. The van der Waals surface area contributed by atoms with Crippen LogP contribution in [0.2, 0.25) is 0 Å². The lowest BCUT2D eigenvalue weighted by atomic mass is 10.2. The van der Waals surface area contributed by atoms with Crippen molar-refractivity contribution in [2.75, 3.05) is 6.61 Å². The van der Waals surface area contributed by atoms with Crippen LogP contribution >= 0.6 is 0 Å². The van der Waals surface area contributed by atoms with Gasteiger partial charge in [0.25, 0.3) is 0 Å². The average molecular weight is 157 g/mol. The van der Waals surface area contributed by atoms with Crippen molar-refractivity contribution < 1.29 is 14.6 Å². The van der Waals surface area contributed by atoms with Gasteiger partial charge in [-0.25, -0.2) is 9.79 Å². The number of aliphatic carboxylic acids is 1. The normalized spacial score (nSPS) is 23.0. The molecule has 0 bridgehead atoms. The van der Waals surface area contributed by atoms with Crippen LogP contribution in [0.5, 0.6) is 0 Å². The maximum absolute atomic E-state index is 10.4. The van der Waals surface area contributed by atoms with Crippen LogP contribution in [-0.4, -0.2) is 29.6 Å². The molecule has 0 unspecified atom stereocenters. The largest absolute Gasteiger partial charge is 0.481 e. The molecule has 0 aromatic carbocycles. The Hall–Kier alpha value is -1.06. The molecule has 0 aromatic heterocycles. The van der Waals surface area contributed by atoms with Gasteiger partial charge in [-0.15, -0.1) is 0 Å². The van der Waals surface area contributed by atoms with Gasteiger partial charge >= 0.3 is 5.97 Å². The monoisotopic (exact) mass is 157 g/mol. The molecule has 0 saturated carbocycles. The molecule has 4 nitrogen and oxygen atoms in total. The van der Waals surface area contributed by atoms with E-state index in [1.54, 1.807) is 0 Å². The Kier molecular flexibility index (Phi) is 2.46. The zero-order valence-electron chi connectivity index (χ0n) is 6.41. The zero-order valence-corrected chi connectivity index (χ0v) is 6.41. The molecule has 4 heteroatoms. The summed E-state index contributed by atoms with van der Waals surface area (Å²) >= 11 is 0. The Balaban J connectivity index is 2.47. The summed E-state index contributed by atoms with van der Waals surface area (Å²) in [6.07, 6.45) is 1.23. The highest BCUT2D eigenvalue weighted by molar-refractivity contribution is 5.85. The van der Waals surface area contributed by atoms with E-state index in [-0.39, 0.29) is 0 Å². The number of ether oxygens (including phenoxy) is 1. The fourth-order valence-corrected chi connectivity index (χ4v) is 1.02. The van der Waals surface area contributed by atoms with Crippen molar-refractivity contribution in [3.05, 3.63) is 0 Å². The molecule has 11 heavy (non-hydrogen) atoms. The van der Waals surface area contributed by atoms with Gasteiger partial charge in [0.1, 0.15) is 0 Å². The predicted molar refractivity (Wildman–Crippen MR) is 39.7 cm³/mol. The van der Waals surface area contributed by atoms with Crippen LogP contribution in [0.25, 0.3) is 0 Å². The van der Waals surface area contributed by atoms with E-state index in [4.69, 9.17) is 9.84 Å². The van der Waals surface area contributed by atoms with E-state index >= 15 is 0 Å². The summed E-state index contributed by atoms with van der Waals surface area (Å²) in [6, 6.07) is -0.573. The van der Waals surface area contributed by atoms with Crippen molar-refractivity contribution in [2.24, 2.45) is 4.99 Å². The molecule has 1 rings (SSSR count). The van der Waals surface area contributed by atoms with Gasteiger partial charge in [0, 0.05) is 6.42 Å². The van der Waals surface area contributed by atoms with Gasteiger partial charge < -0.3 is 9.84 Å². The van der Waals surface area contributed by atoms with Gasteiger partial charge in [0.2, 0.25) is 0 Å². The molecule has 1 N–H and O–H groups in total. The Labute approximate surface area is 64.9 Å². The third kappa shape index (κ3) is 1.93. The number of hydrogen-bond donors (Lipinski definition) is 1. The van der Waals surface area contributed by atoms with Crippen molar-refractivity contribution >= 4 is 11.9 Å². The lowest BCUT2D eigenvalue weighted by Gasteiger charge is -1.98. The molecule has 1 atom stereocenters. The first kappa shape index (κ1) is 8.04. The third-order valence-electron chi connectivity index (χ3n) is 1.53. The Morgan fingerprint density at radius 3 is 3.09 bits per heavy atom. The number of aliphatic imine (C=N–C) groups is 1. The summed E-state index contributed by atoms with van der Waals surface area (Å²) in [6.45, 7) is 2.42. The highest BCUT2D eigenvalue weighted by Crippen LogP contribution is 2.13. The van der Waals surface area contributed by atoms with E-state index < -0.39 is 12.0 Å². The number of carboxylic acid groups (broad SMARTS) is 1. The lowest BCUT2D eigenvalue weighted by Crippen LogP contribution is -2.13. The fraction of sp³-hybridized carbons (Fsp3) is 0.714. The topological polar surface area (TPSA) is 58.9 Å². The van der Waals surface area contributed by atoms with Crippen molar-refractivity contribution in [3.8, 4) is 0 Å². The van der Waals surface area contributed by atoms with E-state index in [1.165, 1.54) is 0 Å². The third-order valence-corrected chi connectivity index (χ3v) is 1.53. The van der Waals surface area contributed by atoms with Gasteiger partial charge in [0.05, 0.1) is 6.61 Å². The Morgan fingerprint density at radius 2 is 2.64 bits per heavy atom. The summed E-state index contributed by atoms with van der Waals surface area (Å²) in [5, 5.41) is 8.54. The molecule has 0 spiro atoms. The first-order valence-electron chi connectivity index (χ1n) is 3.66. The summed E-state index contributed by atoms with van der Waals surface area (Å²) in [5.41, 5.74) is 0. The fourth-order valence-electron chi connectivity index (χ4n) is 1.02. The van der Waals surface area contributed by atoms with Crippen LogP contribution in [0.4, 0.5) is 0 Å². The molecule has 1 aliphatic heterocycles. The van der Waals surface area contributed by atoms with Gasteiger partial charge in [-0.1, -0.05) is 0 Å². The first-order valence-corrected chi connectivity index (χ1v) is 3.66. The highest BCUT2D eigenvalue weighted by Gasteiger charge is 2.23. The van der Waals surface area contributed by atoms with Crippen LogP contribution in [0.1, 0.15) is 19.8 Å². The maximum atomic E-state index is 10.4. The highest BCUT2D eigenvalue weighted by atomic mass is 16.5. The standard InChI is InChI=1S/C7H11NO3/c1-2-11-6-4-3-5(8-6)7(9)10/h5H,2-4H2,1H3,(H,9,10)/t5-/m0/s1. The molecule has 1 heterocycles. The van der Waals surface area contributed by atoms with Gasteiger partial charge in [0.15, 0.2) is 11.9 Å². The molecule has 0 fully saturated rings. The zero-order chi connectivity index (χ0) is 8.27. The Bertz CT molecular complexity index is 188. The van der Waals surface area contributed by atoms with Crippen LogP contribution in [0.15, 0.2) is 4.99 Å². The van der Waals surface area contributed by atoms with Crippen molar-refractivity contribution in [1.29, 1.82) is 0 Å². The second-order valence-electron chi connectivity index (χ2n) is 2.35. The van der Waals surface area contributed by atoms with E-state index in [1.807, 2.05) is 6.92 Å². The van der Waals surface area contributed by atoms with Crippen molar-refractivity contribution in [3.63, 3.8) is 0 Å². The number of carbonyl (C=O) groups is 1. The van der Waals surface area contributed by atoms with Gasteiger partial charge in [-0.2, -0.15) is 0 Å². The average Bonchev–Trinajstić information content (AvgIpc) is 2.37. The molecule has 62 valence electrons. The smallest absolute Gasteiger partial charge is 0.328 e. The molecule has 1 aliphatic rings.